The maximum absolute atomic E-state index is 5.88. The van der Waals surface area contributed by atoms with Crippen LogP contribution in [0.3, 0.4) is 0 Å². The van der Waals surface area contributed by atoms with E-state index in [-0.39, 0.29) is 18.0 Å². The van der Waals surface area contributed by atoms with Gasteiger partial charge in [-0.3, -0.25) is 0 Å². The van der Waals surface area contributed by atoms with E-state index >= 15 is 0 Å². The number of nitrogen functional groups attached to an aromatic ring is 1. The summed E-state index contributed by atoms with van der Waals surface area (Å²) in [6.07, 6.45) is 0.775. The molecule has 0 amide bonds. The minimum atomic E-state index is -0.0482. The number of methoxy groups -OCH3 is 3. The van der Waals surface area contributed by atoms with E-state index in [4.69, 9.17) is 19.9 Å². The number of hydrogen-bond acceptors (Lipinski definition) is 7. The number of anilines is 2. The summed E-state index contributed by atoms with van der Waals surface area (Å²) in [6.45, 7) is 0. The zero-order chi connectivity index (χ0) is 19.7. The normalized spacial score (nSPS) is 18.1. The van der Waals surface area contributed by atoms with E-state index in [0.717, 1.165) is 23.3 Å². The number of ether oxygens (including phenoxy) is 3. The maximum Gasteiger partial charge on any atom is 0.241 e. The zero-order valence-electron chi connectivity index (χ0n) is 16.0. The summed E-state index contributed by atoms with van der Waals surface area (Å²) in [5.74, 6) is 3.07. The highest BCUT2D eigenvalue weighted by atomic mass is 16.5. The maximum atomic E-state index is 5.88. The molecule has 4 rings (SSSR count). The molecule has 0 fully saturated rings. The van der Waals surface area contributed by atoms with Gasteiger partial charge >= 0.3 is 0 Å². The molecule has 8 nitrogen and oxygen atoms in total. The zero-order valence-corrected chi connectivity index (χ0v) is 16.0. The molecule has 28 heavy (non-hydrogen) atoms. The highest BCUT2D eigenvalue weighted by Gasteiger charge is 2.31. The molecule has 146 valence electrons. The minimum Gasteiger partial charge on any atom is -0.497 e. The van der Waals surface area contributed by atoms with E-state index < -0.39 is 0 Å². The molecule has 0 aliphatic carbocycles. The van der Waals surface area contributed by atoms with E-state index in [2.05, 4.69) is 27.5 Å². The molecule has 0 saturated heterocycles. The fourth-order valence-electron chi connectivity index (χ4n) is 3.59. The average molecular weight is 381 g/mol. The predicted octanol–water partition coefficient (Wildman–Crippen LogP) is 3.03. The van der Waals surface area contributed by atoms with Crippen molar-refractivity contribution in [2.75, 3.05) is 32.4 Å². The Morgan fingerprint density at radius 1 is 0.964 bits per heavy atom. The van der Waals surface area contributed by atoms with Gasteiger partial charge in [-0.25, -0.2) is 4.68 Å². The Morgan fingerprint density at radius 2 is 1.68 bits per heavy atom. The van der Waals surface area contributed by atoms with E-state index in [1.54, 1.807) is 21.3 Å². The molecule has 0 unspecified atom stereocenters. The first-order valence-corrected chi connectivity index (χ1v) is 8.97. The second-order valence-corrected chi connectivity index (χ2v) is 6.57. The van der Waals surface area contributed by atoms with Crippen LogP contribution in [-0.4, -0.2) is 36.1 Å². The summed E-state index contributed by atoms with van der Waals surface area (Å²) in [5, 5.41) is 7.83. The van der Waals surface area contributed by atoms with Gasteiger partial charge in [-0.2, -0.15) is 4.98 Å². The molecule has 1 aliphatic heterocycles. The summed E-state index contributed by atoms with van der Waals surface area (Å²) >= 11 is 0. The van der Waals surface area contributed by atoms with Gasteiger partial charge in [0.2, 0.25) is 11.9 Å². The van der Waals surface area contributed by atoms with Crippen LogP contribution < -0.4 is 25.3 Å². The number of hydrogen-bond donors (Lipinski definition) is 2. The van der Waals surface area contributed by atoms with Gasteiger partial charge in [0.1, 0.15) is 5.75 Å². The first-order valence-electron chi connectivity index (χ1n) is 8.97. The molecule has 2 aromatic carbocycles. The molecular formula is C20H23N5O3. The van der Waals surface area contributed by atoms with E-state index in [0.29, 0.717) is 17.4 Å². The minimum absolute atomic E-state index is 0.0482. The van der Waals surface area contributed by atoms with Crippen molar-refractivity contribution >= 4 is 11.9 Å². The summed E-state index contributed by atoms with van der Waals surface area (Å²) in [6, 6.07) is 13.9. The largest absolute Gasteiger partial charge is 0.497 e. The van der Waals surface area contributed by atoms with Crippen LogP contribution in [0.2, 0.25) is 0 Å². The van der Waals surface area contributed by atoms with Crippen molar-refractivity contribution in [1.82, 2.24) is 14.8 Å². The monoisotopic (exact) mass is 381 g/mol. The SMILES string of the molecule is COc1ccc([C@@H]2C[C@H](c3ccc(OC)c(OC)c3)n3nc(N)nc3N2)cc1. The average Bonchev–Trinajstić information content (AvgIpc) is 3.12. The van der Waals surface area contributed by atoms with E-state index in [1.165, 1.54) is 0 Å². The van der Waals surface area contributed by atoms with Crippen molar-refractivity contribution in [3.63, 3.8) is 0 Å². The molecule has 0 bridgehead atoms. The summed E-state index contributed by atoms with van der Waals surface area (Å²) in [7, 11) is 4.91. The Hall–Kier alpha value is -3.42. The summed E-state index contributed by atoms with van der Waals surface area (Å²) < 4.78 is 17.9. The Morgan fingerprint density at radius 3 is 2.36 bits per heavy atom. The summed E-state index contributed by atoms with van der Waals surface area (Å²) in [4.78, 5) is 4.35. The van der Waals surface area contributed by atoms with Crippen molar-refractivity contribution in [2.24, 2.45) is 0 Å². The first-order chi connectivity index (χ1) is 13.6. The van der Waals surface area contributed by atoms with Crippen LogP contribution in [0, 0.1) is 0 Å². The van der Waals surface area contributed by atoms with Crippen molar-refractivity contribution in [2.45, 2.75) is 18.5 Å². The van der Waals surface area contributed by atoms with Gasteiger partial charge in [0.05, 0.1) is 33.4 Å². The van der Waals surface area contributed by atoms with Crippen molar-refractivity contribution in [3.05, 3.63) is 53.6 Å². The smallest absolute Gasteiger partial charge is 0.241 e. The number of nitrogens with zero attached hydrogens (tertiary/aromatic N) is 3. The molecule has 0 saturated carbocycles. The van der Waals surface area contributed by atoms with Gasteiger partial charge in [-0.1, -0.05) is 18.2 Å². The Kier molecular flexibility index (Phi) is 4.68. The predicted molar refractivity (Wildman–Crippen MR) is 106 cm³/mol. The van der Waals surface area contributed by atoms with Crippen LogP contribution in [0.25, 0.3) is 0 Å². The summed E-state index contributed by atoms with van der Waals surface area (Å²) in [5.41, 5.74) is 8.06. The molecular weight excluding hydrogens is 358 g/mol. The van der Waals surface area contributed by atoms with Gasteiger partial charge in [0.15, 0.2) is 11.5 Å². The fourth-order valence-corrected chi connectivity index (χ4v) is 3.59. The molecule has 3 aromatic rings. The quantitative estimate of drug-likeness (QED) is 0.701. The topological polar surface area (TPSA) is 96.5 Å². The van der Waals surface area contributed by atoms with Gasteiger partial charge in [-0.15, -0.1) is 5.10 Å². The van der Waals surface area contributed by atoms with Gasteiger partial charge in [0, 0.05) is 0 Å². The van der Waals surface area contributed by atoms with Gasteiger partial charge in [0.25, 0.3) is 0 Å². The third kappa shape index (κ3) is 3.17. The van der Waals surface area contributed by atoms with Crippen molar-refractivity contribution in [1.29, 1.82) is 0 Å². The molecule has 2 atom stereocenters. The molecule has 1 aromatic heterocycles. The molecule has 0 radical (unpaired) electrons. The number of aromatic nitrogens is 3. The molecule has 1 aliphatic rings. The Labute approximate surface area is 163 Å². The number of nitrogens with two attached hydrogens (primary N) is 1. The number of fused-ring (bicyclic) bond motifs is 1. The third-order valence-electron chi connectivity index (χ3n) is 5.02. The van der Waals surface area contributed by atoms with Crippen molar-refractivity contribution in [3.8, 4) is 17.2 Å². The molecule has 2 heterocycles. The first kappa shape index (κ1) is 18.0. The fraction of sp³-hybridized carbons (Fsp3) is 0.300. The third-order valence-corrected chi connectivity index (χ3v) is 5.02. The van der Waals surface area contributed by atoms with Crippen LogP contribution in [0.1, 0.15) is 29.6 Å². The van der Waals surface area contributed by atoms with Crippen LogP contribution in [0.5, 0.6) is 17.2 Å². The second kappa shape index (κ2) is 7.30. The lowest BCUT2D eigenvalue weighted by Crippen LogP contribution is -2.28. The highest BCUT2D eigenvalue weighted by molar-refractivity contribution is 5.47. The number of rotatable bonds is 5. The Balaban J connectivity index is 1.73. The second-order valence-electron chi connectivity index (χ2n) is 6.57. The van der Waals surface area contributed by atoms with Crippen LogP contribution in [0.4, 0.5) is 11.9 Å². The van der Waals surface area contributed by atoms with Gasteiger partial charge < -0.3 is 25.3 Å². The lowest BCUT2D eigenvalue weighted by Gasteiger charge is -2.32. The van der Waals surface area contributed by atoms with Crippen LogP contribution in [-0.2, 0) is 0 Å². The lowest BCUT2D eigenvalue weighted by molar-refractivity contribution is 0.352. The van der Waals surface area contributed by atoms with Crippen LogP contribution >= 0.6 is 0 Å². The van der Waals surface area contributed by atoms with Crippen LogP contribution in [0.15, 0.2) is 42.5 Å². The Bertz CT molecular complexity index is 970. The molecule has 3 N–H and O–H groups in total. The van der Waals surface area contributed by atoms with Crippen molar-refractivity contribution < 1.29 is 14.2 Å². The van der Waals surface area contributed by atoms with Gasteiger partial charge in [-0.05, 0) is 41.8 Å². The number of benzene rings is 2. The molecule has 0 spiro atoms. The molecule has 8 heteroatoms. The van der Waals surface area contributed by atoms with E-state index in [1.807, 2.05) is 35.0 Å². The van der Waals surface area contributed by atoms with E-state index in [9.17, 15) is 0 Å². The standard InChI is InChI=1S/C20H23N5O3/c1-26-14-7-4-12(5-8-14)15-11-16(25-20(22-15)23-19(21)24-25)13-6-9-17(27-2)18(10-13)28-3/h4-10,15-16H,11H2,1-3H3,(H3,21,22,23,24)/t15-,16+/m0/s1. The lowest BCUT2D eigenvalue weighted by atomic mass is 9.93. The highest BCUT2D eigenvalue weighted by Crippen LogP contribution is 2.40. The number of nitrogens with one attached hydrogen (secondary N) is 1.